The Hall–Kier alpha value is -1.10. The number of para-hydroxylation sites is 1. The molecule has 0 saturated carbocycles. The zero-order valence-corrected chi connectivity index (χ0v) is 12.8. The lowest BCUT2D eigenvalue weighted by atomic mass is 10.0. The second-order valence-electron chi connectivity index (χ2n) is 4.87. The highest BCUT2D eigenvalue weighted by molar-refractivity contribution is 5.36. The number of hydrogen-bond donors (Lipinski definition) is 2. The van der Waals surface area contributed by atoms with Gasteiger partial charge in [-0.1, -0.05) is 32.0 Å². The van der Waals surface area contributed by atoms with Crippen LogP contribution < -0.4 is 10.1 Å². The first-order valence-electron chi connectivity index (χ1n) is 7.35. The average Bonchev–Trinajstić information content (AvgIpc) is 2.47. The Morgan fingerprint density at radius 1 is 1.20 bits per heavy atom. The molecule has 0 fully saturated rings. The molecule has 1 aromatic carbocycles. The third-order valence-corrected chi connectivity index (χ3v) is 3.13. The summed E-state index contributed by atoms with van der Waals surface area (Å²) in [6.45, 7) is 5.83. The predicted molar refractivity (Wildman–Crippen MR) is 81.1 cm³/mol. The summed E-state index contributed by atoms with van der Waals surface area (Å²) in [4.78, 5) is 0. The molecule has 114 valence electrons. The Kier molecular flexibility index (Phi) is 8.26. The van der Waals surface area contributed by atoms with Gasteiger partial charge in [-0.3, -0.25) is 0 Å². The van der Waals surface area contributed by atoms with Gasteiger partial charge < -0.3 is 19.9 Å². The van der Waals surface area contributed by atoms with Crippen molar-refractivity contribution in [3.63, 3.8) is 0 Å². The first-order valence-corrected chi connectivity index (χ1v) is 7.35. The van der Waals surface area contributed by atoms with Crippen LogP contribution in [0, 0.1) is 0 Å². The van der Waals surface area contributed by atoms with Crippen LogP contribution in [0.5, 0.6) is 5.75 Å². The Labute approximate surface area is 122 Å². The smallest absolute Gasteiger partial charge is 0.124 e. The lowest BCUT2D eigenvalue weighted by Gasteiger charge is -2.21. The topological polar surface area (TPSA) is 50.7 Å². The molecule has 0 aliphatic heterocycles. The van der Waals surface area contributed by atoms with Crippen molar-refractivity contribution in [1.29, 1.82) is 0 Å². The molecule has 0 amide bonds. The lowest BCUT2D eigenvalue weighted by molar-refractivity contribution is 0.0322. The number of rotatable bonds is 10. The van der Waals surface area contributed by atoms with Crippen molar-refractivity contribution in [1.82, 2.24) is 5.32 Å². The van der Waals surface area contributed by atoms with Gasteiger partial charge in [0.05, 0.1) is 6.61 Å². The third kappa shape index (κ3) is 5.49. The minimum Gasteiger partial charge on any atom is -0.490 e. The van der Waals surface area contributed by atoms with Crippen molar-refractivity contribution in [3.05, 3.63) is 29.8 Å². The van der Waals surface area contributed by atoms with Crippen LogP contribution >= 0.6 is 0 Å². The Balaban J connectivity index is 2.70. The molecule has 4 heteroatoms. The Morgan fingerprint density at radius 3 is 2.60 bits per heavy atom. The molecule has 0 aromatic heterocycles. The van der Waals surface area contributed by atoms with E-state index in [-0.39, 0.29) is 19.3 Å². The van der Waals surface area contributed by atoms with E-state index < -0.39 is 6.10 Å². The fraction of sp³-hybridized carbons (Fsp3) is 0.625. The fourth-order valence-electron chi connectivity index (χ4n) is 2.12. The molecule has 2 unspecified atom stereocenters. The molecule has 20 heavy (non-hydrogen) atoms. The summed E-state index contributed by atoms with van der Waals surface area (Å²) >= 11 is 0. The second kappa shape index (κ2) is 9.75. The van der Waals surface area contributed by atoms with Gasteiger partial charge in [0.25, 0.3) is 0 Å². The fourth-order valence-corrected chi connectivity index (χ4v) is 2.12. The second-order valence-corrected chi connectivity index (χ2v) is 4.87. The largest absolute Gasteiger partial charge is 0.490 e. The summed E-state index contributed by atoms with van der Waals surface area (Å²) in [5, 5.41) is 13.2. The average molecular weight is 281 g/mol. The minimum atomic E-state index is -0.600. The van der Waals surface area contributed by atoms with Crippen molar-refractivity contribution in [2.75, 3.05) is 26.9 Å². The number of ether oxygens (including phenoxy) is 2. The van der Waals surface area contributed by atoms with Crippen LogP contribution in [-0.4, -0.2) is 38.1 Å². The molecule has 1 aromatic rings. The maximum Gasteiger partial charge on any atom is 0.124 e. The van der Waals surface area contributed by atoms with Gasteiger partial charge in [-0.05, 0) is 25.5 Å². The van der Waals surface area contributed by atoms with E-state index in [0.717, 1.165) is 30.7 Å². The van der Waals surface area contributed by atoms with Crippen molar-refractivity contribution in [2.45, 2.75) is 38.8 Å². The summed E-state index contributed by atoms with van der Waals surface area (Å²) < 4.78 is 10.6. The number of methoxy groups -OCH3 is 1. The van der Waals surface area contributed by atoms with Gasteiger partial charge in [-0.15, -0.1) is 0 Å². The van der Waals surface area contributed by atoms with Crippen LogP contribution in [0.25, 0.3) is 0 Å². The van der Waals surface area contributed by atoms with Crippen LogP contribution in [0.4, 0.5) is 0 Å². The predicted octanol–water partition coefficient (Wildman–Crippen LogP) is 2.52. The van der Waals surface area contributed by atoms with Crippen LogP contribution in [0.1, 0.15) is 38.3 Å². The molecule has 0 saturated heterocycles. The van der Waals surface area contributed by atoms with Gasteiger partial charge in [0.2, 0.25) is 0 Å². The van der Waals surface area contributed by atoms with Crippen LogP contribution in [0.15, 0.2) is 24.3 Å². The van der Waals surface area contributed by atoms with Crippen molar-refractivity contribution in [2.24, 2.45) is 0 Å². The van der Waals surface area contributed by atoms with Crippen LogP contribution in [-0.2, 0) is 4.74 Å². The van der Waals surface area contributed by atoms with Crippen molar-refractivity contribution < 1.29 is 14.6 Å². The zero-order valence-electron chi connectivity index (χ0n) is 12.8. The maximum atomic E-state index is 9.67. The van der Waals surface area contributed by atoms with Crippen molar-refractivity contribution >= 4 is 0 Å². The SMILES string of the molecule is CCCNC(CC)c1ccccc1OCC(O)COC. The monoisotopic (exact) mass is 281 g/mol. The molecule has 0 bridgehead atoms. The molecule has 2 atom stereocenters. The molecule has 0 aliphatic carbocycles. The number of hydrogen-bond acceptors (Lipinski definition) is 4. The summed E-state index contributed by atoms with van der Waals surface area (Å²) in [7, 11) is 1.57. The highest BCUT2D eigenvalue weighted by Crippen LogP contribution is 2.27. The molecule has 0 radical (unpaired) electrons. The van der Waals surface area contributed by atoms with E-state index in [2.05, 4.69) is 25.2 Å². The standard InChI is InChI=1S/C16H27NO3/c1-4-10-17-15(5-2)14-8-6-7-9-16(14)20-12-13(18)11-19-3/h6-9,13,15,17-18H,4-5,10-12H2,1-3H3. The zero-order chi connectivity index (χ0) is 14.8. The third-order valence-electron chi connectivity index (χ3n) is 3.13. The minimum absolute atomic E-state index is 0.245. The lowest BCUT2D eigenvalue weighted by Crippen LogP contribution is -2.25. The maximum absolute atomic E-state index is 9.67. The molecule has 4 nitrogen and oxygen atoms in total. The molecular weight excluding hydrogens is 254 g/mol. The molecule has 0 aliphatic rings. The summed E-state index contributed by atoms with van der Waals surface area (Å²) in [6, 6.07) is 8.28. The number of benzene rings is 1. The van der Waals surface area contributed by atoms with E-state index in [4.69, 9.17) is 9.47 Å². The molecule has 1 rings (SSSR count). The van der Waals surface area contributed by atoms with Gasteiger partial charge in [0, 0.05) is 18.7 Å². The van der Waals surface area contributed by atoms with E-state index >= 15 is 0 Å². The van der Waals surface area contributed by atoms with Gasteiger partial charge in [0.1, 0.15) is 18.5 Å². The first-order chi connectivity index (χ1) is 9.72. The molecular formula is C16H27NO3. The molecule has 0 spiro atoms. The normalized spacial score (nSPS) is 14.0. The molecule has 0 heterocycles. The quantitative estimate of drug-likeness (QED) is 0.692. The Morgan fingerprint density at radius 2 is 1.95 bits per heavy atom. The summed E-state index contributed by atoms with van der Waals surface area (Å²) in [5.74, 6) is 0.832. The van der Waals surface area contributed by atoms with Gasteiger partial charge >= 0.3 is 0 Å². The number of aliphatic hydroxyl groups is 1. The number of nitrogens with one attached hydrogen (secondary N) is 1. The van der Waals surface area contributed by atoms with E-state index in [1.54, 1.807) is 7.11 Å². The van der Waals surface area contributed by atoms with Gasteiger partial charge in [0.15, 0.2) is 0 Å². The summed E-state index contributed by atoms with van der Waals surface area (Å²) in [6.07, 6.45) is 1.50. The van der Waals surface area contributed by atoms with E-state index in [9.17, 15) is 5.11 Å². The highest BCUT2D eigenvalue weighted by Gasteiger charge is 2.14. The Bertz CT molecular complexity index is 370. The van der Waals surface area contributed by atoms with Crippen LogP contribution in [0.3, 0.4) is 0 Å². The van der Waals surface area contributed by atoms with Crippen LogP contribution in [0.2, 0.25) is 0 Å². The number of aliphatic hydroxyl groups excluding tert-OH is 1. The molecule has 2 N–H and O–H groups in total. The highest BCUT2D eigenvalue weighted by atomic mass is 16.5. The van der Waals surface area contributed by atoms with E-state index in [0.29, 0.717) is 0 Å². The van der Waals surface area contributed by atoms with Gasteiger partial charge in [-0.2, -0.15) is 0 Å². The van der Waals surface area contributed by atoms with Gasteiger partial charge in [-0.25, -0.2) is 0 Å². The van der Waals surface area contributed by atoms with E-state index in [1.165, 1.54) is 0 Å². The van der Waals surface area contributed by atoms with E-state index in [1.807, 2.05) is 18.2 Å². The van der Waals surface area contributed by atoms with Crippen molar-refractivity contribution in [3.8, 4) is 5.75 Å². The first kappa shape index (κ1) is 17.0. The summed E-state index contributed by atoms with van der Waals surface area (Å²) in [5.41, 5.74) is 1.15.